The van der Waals surface area contributed by atoms with Crippen molar-refractivity contribution in [2.45, 2.75) is 25.2 Å². The average molecular weight is 422 g/mol. The van der Waals surface area contributed by atoms with E-state index in [1.807, 2.05) is 12.3 Å². The fourth-order valence-corrected chi connectivity index (χ4v) is 4.50. The monoisotopic (exact) mass is 421 g/mol. The Morgan fingerprint density at radius 3 is 2.86 bits per heavy atom. The van der Waals surface area contributed by atoms with Crippen molar-refractivity contribution in [3.63, 3.8) is 0 Å². The zero-order valence-electron chi connectivity index (χ0n) is 15.8. The highest BCUT2D eigenvalue weighted by Gasteiger charge is 2.16. The maximum atomic E-state index is 13.8. The van der Waals surface area contributed by atoms with E-state index in [0.29, 0.717) is 27.5 Å². The molecule has 0 spiro atoms. The van der Waals surface area contributed by atoms with Crippen molar-refractivity contribution in [3.05, 3.63) is 51.4 Å². The van der Waals surface area contributed by atoms with E-state index in [0.717, 1.165) is 0 Å². The van der Waals surface area contributed by atoms with Gasteiger partial charge in [-0.3, -0.25) is 14.2 Å². The van der Waals surface area contributed by atoms with Gasteiger partial charge in [-0.05, 0) is 36.1 Å². The van der Waals surface area contributed by atoms with Gasteiger partial charge in [0.25, 0.3) is 5.56 Å². The minimum absolute atomic E-state index is 0.0838. The third-order valence-corrected chi connectivity index (χ3v) is 6.09. The molecule has 0 saturated carbocycles. The summed E-state index contributed by atoms with van der Waals surface area (Å²) in [5.41, 5.74) is 1.23. The standard InChI is InChI=1S/C19H20FN3O3S2/c1-4-23-18(25)17-14(7-8-27-17)21-19(23)28-11-16(24)22(2)10-12-5-6-15(26-3)13(20)9-12/h5-9H,4,10-11H2,1-3H3. The lowest BCUT2D eigenvalue weighted by atomic mass is 10.2. The highest BCUT2D eigenvalue weighted by molar-refractivity contribution is 7.99. The number of nitrogens with zero attached hydrogens (tertiary/aromatic N) is 3. The summed E-state index contributed by atoms with van der Waals surface area (Å²) in [5.74, 6) is -0.295. The molecule has 6 nitrogen and oxygen atoms in total. The van der Waals surface area contributed by atoms with E-state index in [1.165, 1.54) is 47.2 Å². The van der Waals surface area contributed by atoms with Crippen LogP contribution in [0.3, 0.4) is 0 Å². The lowest BCUT2D eigenvalue weighted by Gasteiger charge is -2.18. The first-order valence-corrected chi connectivity index (χ1v) is 10.5. The molecule has 3 rings (SSSR count). The molecule has 1 aromatic carbocycles. The largest absolute Gasteiger partial charge is 0.494 e. The van der Waals surface area contributed by atoms with Gasteiger partial charge >= 0.3 is 0 Å². The van der Waals surface area contributed by atoms with Gasteiger partial charge < -0.3 is 9.64 Å². The Morgan fingerprint density at radius 1 is 1.39 bits per heavy atom. The third-order valence-electron chi connectivity index (χ3n) is 4.23. The van der Waals surface area contributed by atoms with Crippen molar-refractivity contribution >= 4 is 39.2 Å². The van der Waals surface area contributed by atoms with Crippen LogP contribution >= 0.6 is 23.1 Å². The number of halogens is 1. The third kappa shape index (κ3) is 4.20. The lowest BCUT2D eigenvalue weighted by Crippen LogP contribution is -2.28. The molecule has 0 atom stereocenters. The zero-order valence-corrected chi connectivity index (χ0v) is 17.4. The first-order chi connectivity index (χ1) is 13.4. The molecule has 0 aliphatic rings. The maximum absolute atomic E-state index is 13.8. The van der Waals surface area contributed by atoms with E-state index in [2.05, 4.69) is 4.98 Å². The van der Waals surface area contributed by atoms with Crippen LogP contribution in [0.2, 0.25) is 0 Å². The minimum atomic E-state index is -0.463. The molecule has 2 aromatic heterocycles. The van der Waals surface area contributed by atoms with Crippen molar-refractivity contribution < 1.29 is 13.9 Å². The smallest absolute Gasteiger partial charge is 0.272 e. The van der Waals surface area contributed by atoms with Gasteiger partial charge in [-0.15, -0.1) is 11.3 Å². The number of fused-ring (bicyclic) bond motifs is 1. The van der Waals surface area contributed by atoms with Crippen LogP contribution in [-0.2, 0) is 17.9 Å². The van der Waals surface area contributed by atoms with Crippen LogP contribution in [-0.4, -0.2) is 40.3 Å². The van der Waals surface area contributed by atoms with Gasteiger partial charge in [0, 0.05) is 20.1 Å². The molecule has 0 fully saturated rings. The number of amides is 1. The first-order valence-electron chi connectivity index (χ1n) is 8.61. The Bertz CT molecular complexity index is 1060. The quantitative estimate of drug-likeness (QED) is 0.432. The Morgan fingerprint density at radius 2 is 2.18 bits per heavy atom. The molecule has 148 valence electrons. The van der Waals surface area contributed by atoms with Gasteiger partial charge in [0.15, 0.2) is 16.7 Å². The van der Waals surface area contributed by atoms with Gasteiger partial charge in [-0.2, -0.15) is 0 Å². The van der Waals surface area contributed by atoms with Crippen molar-refractivity contribution in [2.24, 2.45) is 0 Å². The number of methoxy groups -OCH3 is 1. The molecule has 9 heteroatoms. The Kier molecular flexibility index (Phi) is 6.35. The van der Waals surface area contributed by atoms with Crippen molar-refractivity contribution in [1.82, 2.24) is 14.5 Å². The number of thioether (sulfide) groups is 1. The normalized spacial score (nSPS) is 11.0. The SMILES string of the molecule is CCn1c(SCC(=O)N(C)Cc2ccc(OC)c(F)c2)nc2ccsc2c1=O. The fourth-order valence-electron chi connectivity index (χ4n) is 2.72. The number of hydrogen-bond acceptors (Lipinski definition) is 6. The van der Waals surface area contributed by atoms with Gasteiger partial charge in [0.2, 0.25) is 5.91 Å². The summed E-state index contributed by atoms with van der Waals surface area (Å²) in [7, 11) is 3.07. The Hall–Kier alpha value is -2.39. The predicted octanol–water partition coefficient (Wildman–Crippen LogP) is 3.38. The summed E-state index contributed by atoms with van der Waals surface area (Å²) in [4.78, 5) is 31.1. The summed E-state index contributed by atoms with van der Waals surface area (Å²) in [5, 5.41) is 2.36. The minimum Gasteiger partial charge on any atom is -0.494 e. The highest BCUT2D eigenvalue weighted by Crippen LogP contribution is 2.22. The molecular formula is C19H20FN3O3S2. The van der Waals surface area contributed by atoms with E-state index in [1.54, 1.807) is 23.7 Å². The Labute approximate surface area is 169 Å². The number of carbonyl (C=O) groups is 1. The number of carbonyl (C=O) groups excluding carboxylic acids is 1. The van der Waals surface area contributed by atoms with Crippen LogP contribution in [0.4, 0.5) is 4.39 Å². The number of aromatic nitrogens is 2. The van der Waals surface area contributed by atoms with Crippen LogP contribution in [0.25, 0.3) is 10.2 Å². The first kappa shape index (κ1) is 20.3. The van der Waals surface area contributed by atoms with E-state index in [-0.39, 0.29) is 29.5 Å². The van der Waals surface area contributed by atoms with Gasteiger partial charge in [-0.1, -0.05) is 17.8 Å². The second-order valence-corrected chi connectivity index (χ2v) is 7.94. The number of ether oxygens (including phenoxy) is 1. The summed E-state index contributed by atoms with van der Waals surface area (Å²) >= 11 is 2.60. The molecule has 0 unspecified atom stereocenters. The zero-order chi connectivity index (χ0) is 20.3. The van der Waals surface area contributed by atoms with Gasteiger partial charge in [-0.25, -0.2) is 9.37 Å². The lowest BCUT2D eigenvalue weighted by molar-refractivity contribution is -0.127. The molecule has 1 amide bonds. The summed E-state index contributed by atoms with van der Waals surface area (Å²) in [6, 6.07) is 6.42. The predicted molar refractivity (Wildman–Crippen MR) is 110 cm³/mol. The average Bonchev–Trinajstić information content (AvgIpc) is 3.15. The number of thiophene rings is 1. The van der Waals surface area contributed by atoms with Crippen LogP contribution < -0.4 is 10.3 Å². The van der Waals surface area contributed by atoms with Crippen molar-refractivity contribution in [3.8, 4) is 5.75 Å². The second-order valence-electron chi connectivity index (χ2n) is 6.09. The molecule has 0 N–H and O–H groups in total. The summed E-state index contributed by atoms with van der Waals surface area (Å²) < 4.78 is 20.9. The summed E-state index contributed by atoms with van der Waals surface area (Å²) in [6.45, 7) is 2.63. The molecule has 28 heavy (non-hydrogen) atoms. The van der Waals surface area contributed by atoms with E-state index < -0.39 is 5.82 Å². The van der Waals surface area contributed by atoms with E-state index in [9.17, 15) is 14.0 Å². The molecule has 0 bridgehead atoms. The second kappa shape index (κ2) is 8.74. The highest BCUT2D eigenvalue weighted by atomic mass is 32.2. The molecule has 2 heterocycles. The van der Waals surface area contributed by atoms with Crippen LogP contribution in [0.5, 0.6) is 5.75 Å². The molecule has 0 aliphatic heterocycles. The number of hydrogen-bond donors (Lipinski definition) is 0. The molecule has 0 aliphatic carbocycles. The summed E-state index contributed by atoms with van der Waals surface area (Å²) in [6.07, 6.45) is 0. The van der Waals surface area contributed by atoms with E-state index in [4.69, 9.17) is 4.74 Å². The Balaban J connectivity index is 1.69. The van der Waals surface area contributed by atoms with Gasteiger partial charge in [0.1, 0.15) is 4.70 Å². The van der Waals surface area contributed by atoms with Crippen LogP contribution in [0.1, 0.15) is 12.5 Å². The maximum Gasteiger partial charge on any atom is 0.272 e. The van der Waals surface area contributed by atoms with Crippen molar-refractivity contribution in [1.29, 1.82) is 0 Å². The van der Waals surface area contributed by atoms with Crippen LogP contribution in [0.15, 0.2) is 39.6 Å². The topological polar surface area (TPSA) is 64.4 Å². The molecule has 0 saturated heterocycles. The number of benzene rings is 1. The van der Waals surface area contributed by atoms with Crippen LogP contribution in [0, 0.1) is 5.82 Å². The van der Waals surface area contributed by atoms with Crippen molar-refractivity contribution in [2.75, 3.05) is 19.9 Å². The molecular weight excluding hydrogens is 401 g/mol. The van der Waals surface area contributed by atoms with Gasteiger partial charge in [0.05, 0.1) is 18.4 Å². The number of rotatable bonds is 7. The molecule has 3 aromatic rings. The fraction of sp³-hybridized carbons (Fsp3) is 0.316. The molecule has 0 radical (unpaired) electrons. The van der Waals surface area contributed by atoms with E-state index >= 15 is 0 Å².